The van der Waals surface area contributed by atoms with Crippen LogP contribution in [0.4, 0.5) is 0 Å². The van der Waals surface area contributed by atoms with Gasteiger partial charge in [0.15, 0.2) is 5.84 Å². The Bertz CT molecular complexity index is 167. The van der Waals surface area contributed by atoms with E-state index in [1.54, 1.807) is 6.92 Å². The van der Waals surface area contributed by atoms with Crippen molar-refractivity contribution in [2.24, 2.45) is 15.3 Å². The first kappa shape index (κ1) is 4.96. The van der Waals surface area contributed by atoms with Crippen LogP contribution in [0.1, 0.15) is 6.92 Å². The van der Waals surface area contributed by atoms with Gasteiger partial charge in [-0.05, 0) is 6.92 Å². The standard InChI is InChI=1S/C4H6N4/c1-3-5-4(2)7-8-6-3/h1H2,2H3,(H,5,6,7). The Balaban J connectivity index is 2.77. The minimum absolute atomic E-state index is 0.539. The van der Waals surface area contributed by atoms with Crippen LogP contribution in [0.5, 0.6) is 0 Å². The minimum atomic E-state index is 0.539. The van der Waals surface area contributed by atoms with E-state index in [-0.39, 0.29) is 0 Å². The second kappa shape index (κ2) is 1.73. The topological polar surface area (TPSA) is 49.1 Å². The first-order valence-electron chi connectivity index (χ1n) is 2.20. The van der Waals surface area contributed by atoms with E-state index < -0.39 is 0 Å². The molecule has 0 radical (unpaired) electrons. The van der Waals surface area contributed by atoms with Crippen molar-refractivity contribution < 1.29 is 0 Å². The smallest absolute Gasteiger partial charge is 0.151 e. The van der Waals surface area contributed by atoms with Gasteiger partial charge in [0.1, 0.15) is 5.82 Å². The van der Waals surface area contributed by atoms with Crippen LogP contribution in [0.25, 0.3) is 0 Å². The lowest BCUT2D eigenvalue weighted by Crippen LogP contribution is -2.07. The molecule has 1 aliphatic rings. The van der Waals surface area contributed by atoms with Crippen molar-refractivity contribution in [1.29, 1.82) is 0 Å². The molecule has 0 fully saturated rings. The van der Waals surface area contributed by atoms with E-state index in [9.17, 15) is 0 Å². The number of hydrogen-bond acceptors (Lipinski definition) is 4. The van der Waals surface area contributed by atoms with Gasteiger partial charge in [0.05, 0.1) is 0 Å². The van der Waals surface area contributed by atoms with Crippen molar-refractivity contribution in [2.75, 3.05) is 0 Å². The second-order valence-electron chi connectivity index (χ2n) is 1.42. The van der Waals surface area contributed by atoms with Gasteiger partial charge in [0.25, 0.3) is 0 Å². The number of aliphatic imine (C=N–C) groups is 1. The monoisotopic (exact) mass is 110 g/mol. The van der Waals surface area contributed by atoms with E-state index in [1.807, 2.05) is 0 Å². The predicted octanol–water partition coefficient (Wildman–Crippen LogP) is 0.846. The van der Waals surface area contributed by atoms with Gasteiger partial charge in [-0.15, -0.1) is 5.11 Å². The third kappa shape index (κ3) is 0.900. The van der Waals surface area contributed by atoms with Crippen molar-refractivity contribution in [3.8, 4) is 0 Å². The Hall–Kier alpha value is -1.19. The first-order valence-corrected chi connectivity index (χ1v) is 2.20. The van der Waals surface area contributed by atoms with Gasteiger partial charge < -0.3 is 0 Å². The zero-order valence-corrected chi connectivity index (χ0v) is 4.55. The van der Waals surface area contributed by atoms with Gasteiger partial charge in [0, 0.05) is 0 Å². The molecule has 1 heterocycles. The highest BCUT2D eigenvalue weighted by Crippen LogP contribution is 1.95. The summed E-state index contributed by atoms with van der Waals surface area (Å²) in [5, 5.41) is 7.07. The molecule has 0 aromatic heterocycles. The molecule has 0 saturated carbocycles. The Kier molecular flexibility index (Phi) is 1.07. The van der Waals surface area contributed by atoms with E-state index >= 15 is 0 Å². The van der Waals surface area contributed by atoms with Crippen LogP contribution in [0, 0.1) is 0 Å². The highest BCUT2D eigenvalue weighted by Gasteiger charge is 1.94. The van der Waals surface area contributed by atoms with Crippen molar-refractivity contribution >= 4 is 5.84 Å². The molecule has 0 aromatic rings. The summed E-state index contributed by atoms with van der Waals surface area (Å²) in [6.45, 7) is 5.27. The predicted molar refractivity (Wildman–Crippen MR) is 30.2 cm³/mol. The van der Waals surface area contributed by atoms with E-state index in [0.29, 0.717) is 11.7 Å². The Morgan fingerprint density at radius 2 is 2.38 bits per heavy atom. The zero-order valence-electron chi connectivity index (χ0n) is 4.55. The number of amidine groups is 1. The normalized spacial score (nSPS) is 17.6. The van der Waals surface area contributed by atoms with Crippen LogP contribution in [0.2, 0.25) is 0 Å². The molecule has 1 aliphatic heterocycles. The fourth-order valence-corrected chi connectivity index (χ4v) is 0.398. The third-order valence-corrected chi connectivity index (χ3v) is 0.671. The summed E-state index contributed by atoms with van der Waals surface area (Å²) >= 11 is 0. The number of nitrogens with one attached hydrogen (secondary N) is 1. The second-order valence-corrected chi connectivity index (χ2v) is 1.42. The fourth-order valence-electron chi connectivity index (χ4n) is 0.398. The molecule has 4 nitrogen and oxygen atoms in total. The average Bonchev–Trinajstić information content (AvgIpc) is 1.64. The largest absolute Gasteiger partial charge is 0.243 e. The van der Waals surface area contributed by atoms with Crippen molar-refractivity contribution in [3.05, 3.63) is 12.4 Å². The third-order valence-electron chi connectivity index (χ3n) is 0.671. The summed E-state index contributed by atoms with van der Waals surface area (Å²) in [5.74, 6) is 1.17. The summed E-state index contributed by atoms with van der Waals surface area (Å²) < 4.78 is 0. The molecule has 0 spiro atoms. The maximum absolute atomic E-state index is 3.83. The SMILES string of the molecule is C=C1N=C(C)N=NN1. The maximum Gasteiger partial charge on any atom is 0.151 e. The highest BCUT2D eigenvalue weighted by molar-refractivity contribution is 5.81. The molecule has 0 aromatic carbocycles. The zero-order chi connectivity index (χ0) is 5.98. The molecule has 4 heteroatoms. The van der Waals surface area contributed by atoms with E-state index in [4.69, 9.17) is 0 Å². The molecular formula is C4H6N4. The van der Waals surface area contributed by atoms with Gasteiger partial charge in [-0.25, -0.2) is 10.4 Å². The summed E-state index contributed by atoms with van der Waals surface area (Å²) in [7, 11) is 0. The maximum atomic E-state index is 3.83. The lowest BCUT2D eigenvalue weighted by Gasteiger charge is -2.00. The van der Waals surface area contributed by atoms with Crippen LogP contribution < -0.4 is 5.43 Å². The molecule has 1 N–H and O–H groups in total. The van der Waals surface area contributed by atoms with Crippen molar-refractivity contribution in [1.82, 2.24) is 5.43 Å². The van der Waals surface area contributed by atoms with E-state index in [1.165, 1.54) is 0 Å². The highest BCUT2D eigenvalue weighted by atomic mass is 15.5. The quantitative estimate of drug-likeness (QED) is 0.493. The number of nitrogens with zero attached hydrogens (tertiary/aromatic N) is 3. The van der Waals surface area contributed by atoms with Crippen LogP contribution in [0.15, 0.2) is 27.7 Å². The number of hydrogen-bond donors (Lipinski definition) is 1. The Morgan fingerprint density at radius 1 is 1.62 bits per heavy atom. The summed E-state index contributed by atoms with van der Waals surface area (Å²) in [6.07, 6.45) is 0. The molecule has 0 unspecified atom stereocenters. The van der Waals surface area contributed by atoms with Crippen LogP contribution in [0.3, 0.4) is 0 Å². The average molecular weight is 110 g/mol. The van der Waals surface area contributed by atoms with E-state index in [0.717, 1.165) is 0 Å². The molecule has 0 amide bonds. The van der Waals surface area contributed by atoms with Crippen LogP contribution >= 0.6 is 0 Å². The first-order chi connectivity index (χ1) is 3.79. The van der Waals surface area contributed by atoms with Crippen molar-refractivity contribution in [3.63, 3.8) is 0 Å². The molecule has 0 aliphatic carbocycles. The van der Waals surface area contributed by atoms with Crippen LogP contribution in [-0.4, -0.2) is 5.84 Å². The van der Waals surface area contributed by atoms with Crippen LogP contribution in [-0.2, 0) is 0 Å². The Labute approximate surface area is 47.0 Å². The molecule has 0 saturated heterocycles. The Morgan fingerprint density at radius 3 is 2.75 bits per heavy atom. The number of rotatable bonds is 0. The van der Waals surface area contributed by atoms with Gasteiger partial charge in [-0.1, -0.05) is 11.8 Å². The molecule has 0 atom stereocenters. The summed E-state index contributed by atoms with van der Waals surface area (Å²) in [4.78, 5) is 3.83. The summed E-state index contributed by atoms with van der Waals surface area (Å²) in [5.41, 5.74) is 2.49. The van der Waals surface area contributed by atoms with Gasteiger partial charge in [-0.3, -0.25) is 0 Å². The lowest BCUT2D eigenvalue weighted by molar-refractivity contribution is 0.788. The van der Waals surface area contributed by atoms with Gasteiger partial charge in [-0.2, -0.15) is 0 Å². The van der Waals surface area contributed by atoms with E-state index in [2.05, 4.69) is 27.3 Å². The van der Waals surface area contributed by atoms with Crippen molar-refractivity contribution in [2.45, 2.75) is 6.92 Å². The summed E-state index contributed by atoms with van der Waals surface area (Å²) in [6, 6.07) is 0. The fraction of sp³-hybridized carbons (Fsp3) is 0.250. The minimum Gasteiger partial charge on any atom is -0.243 e. The van der Waals surface area contributed by atoms with Gasteiger partial charge >= 0.3 is 0 Å². The van der Waals surface area contributed by atoms with Gasteiger partial charge in [0.2, 0.25) is 0 Å². The molecule has 42 valence electrons. The molecule has 1 rings (SSSR count). The molecule has 0 bridgehead atoms. The molecule has 8 heavy (non-hydrogen) atoms. The molecular weight excluding hydrogens is 104 g/mol. The lowest BCUT2D eigenvalue weighted by atomic mass is 10.7.